The molecular weight excluding hydrogens is 584 g/mol. The van der Waals surface area contributed by atoms with Crippen LogP contribution in [-0.2, 0) is 17.8 Å². The van der Waals surface area contributed by atoms with E-state index in [4.69, 9.17) is 9.47 Å². The number of allylic oxidation sites excluding steroid dienone is 1. The summed E-state index contributed by atoms with van der Waals surface area (Å²) in [6.07, 6.45) is 7.16. The van der Waals surface area contributed by atoms with Crippen molar-refractivity contribution >= 4 is 17.4 Å². The van der Waals surface area contributed by atoms with Crippen molar-refractivity contribution in [2.45, 2.75) is 58.5 Å². The Morgan fingerprint density at radius 2 is 1.32 bits per heavy atom. The van der Waals surface area contributed by atoms with Crippen LogP contribution in [0.25, 0.3) is 0 Å². The lowest BCUT2D eigenvalue weighted by molar-refractivity contribution is -0.118. The van der Waals surface area contributed by atoms with Gasteiger partial charge in [0, 0.05) is 35.7 Å². The first-order chi connectivity index (χ1) is 22.8. The first-order valence-electron chi connectivity index (χ1n) is 16.8. The van der Waals surface area contributed by atoms with Gasteiger partial charge in [-0.3, -0.25) is 14.1 Å². The predicted octanol–water partition coefficient (Wildman–Crippen LogP) is 8.43. The van der Waals surface area contributed by atoms with Gasteiger partial charge in [-0.15, -0.1) is 0 Å². The highest BCUT2D eigenvalue weighted by atomic mass is 16.5. The fraction of sp³-hybridized carbons (Fsp3) is 0.317. The Balaban J connectivity index is 0.979. The third kappa shape index (κ3) is 8.99. The normalized spacial score (nSPS) is 13.5. The van der Waals surface area contributed by atoms with Crippen molar-refractivity contribution in [1.29, 1.82) is 0 Å². The standard InChI is InChI=1S/C41H46N2O4/c1-31-28-34-20-21-35(40(44)33-18-12-9-13-19-33)29-38(34)43(2,3)39(31)41(45)42-26-14-6-4-5-7-15-27-46-36-22-24-37(25-23-36)47-30-32-16-10-8-11-17-32/h8-13,16-25,29H,4-7,14-15,26-28,30H2,1-3H3/p+1. The van der Waals surface area contributed by atoms with Crippen molar-refractivity contribution in [3.05, 3.63) is 137 Å². The zero-order valence-corrected chi connectivity index (χ0v) is 28.0. The average Bonchev–Trinajstić information content (AvgIpc) is 3.09. The van der Waals surface area contributed by atoms with Crippen molar-refractivity contribution in [3.63, 3.8) is 0 Å². The van der Waals surface area contributed by atoms with Crippen LogP contribution >= 0.6 is 0 Å². The largest absolute Gasteiger partial charge is 0.494 e. The second-order valence-corrected chi connectivity index (χ2v) is 12.8. The maximum absolute atomic E-state index is 13.4. The molecule has 1 N–H and O–H groups in total. The molecule has 244 valence electrons. The van der Waals surface area contributed by atoms with Crippen molar-refractivity contribution < 1.29 is 19.1 Å². The lowest BCUT2D eigenvalue weighted by Crippen LogP contribution is -2.49. The Morgan fingerprint density at radius 3 is 2.02 bits per heavy atom. The molecule has 0 bridgehead atoms. The van der Waals surface area contributed by atoms with E-state index in [0.29, 0.717) is 41.8 Å². The van der Waals surface area contributed by atoms with Gasteiger partial charge < -0.3 is 14.8 Å². The molecule has 4 aromatic carbocycles. The summed E-state index contributed by atoms with van der Waals surface area (Å²) < 4.78 is 12.1. The van der Waals surface area contributed by atoms with Crippen molar-refractivity contribution in [1.82, 2.24) is 9.80 Å². The molecule has 5 rings (SSSR count). The monoisotopic (exact) mass is 631 g/mol. The molecule has 4 aromatic rings. The van der Waals surface area contributed by atoms with E-state index in [1.165, 1.54) is 0 Å². The van der Waals surface area contributed by atoms with Gasteiger partial charge >= 0.3 is 5.91 Å². The molecule has 1 heterocycles. The second-order valence-electron chi connectivity index (χ2n) is 12.8. The number of nitrogens with one attached hydrogen (secondary N) is 1. The van der Waals surface area contributed by atoms with Crippen LogP contribution < -0.4 is 19.3 Å². The summed E-state index contributed by atoms with van der Waals surface area (Å²) in [4.78, 5) is 26.6. The number of nitrogens with zero attached hydrogens (tertiary/aromatic N) is 1. The highest BCUT2D eigenvalue weighted by molar-refractivity contribution is 6.09. The van der Waals surface area contributed by atoms with Gasteiger partial charge in [-0.1, -0.05) is 98.5 Å². The number of ketones is 1. The van der Waals surface area contributed by atoms with Crippen LogP contribution in [0.2, 0.25) is 0 Å². The number of benzene rings is 4. The van der Waals surface area contributed by atoms with E-state index in [2.05, 4.69) is 17.4 Å². The number of likely N-dealkylation sites (N-methyl/N-ethyl adjacent to an activating group) is 1. The molecule has 0 aromatic heterocycles. The van der Waals surface area contributed by atoms with Crippen LogP contribution in [-0.4, -0.2) is 38.9 Å². The molecule has 0 radical (unpaired) electrons. The van der Waals surface area contributed by atoms with E-state index in [0.717, 1.165) is 78.1 Å². The zero-order valence-electron chi connectivity index (χ0n) is 28.0. The van der Waals surface area contributed by atoms with Gasteiger partial charge in [0.1, 0.15) is 23.8 Å². The van der Waals surface area contributed by atoms with Gasteiger partial charge in [-0.2, -0.15) is 0 Å². The van der Waals surface area contributed by atoms with Crippen LogP contribution in [0.15, 0.2) is 114 Å². The van der Waals surface area contributed by atoms with Gasteiger partial charge in [0.15, 0.2) is 5.78 Å². The molecule has 1 aliphatic heterocycles. The van der Waals surface area contributed by atoms with Gasteiger partial charge in [0.25, 0.3) is 0 Å². The molecule has 0 unspecified atom stereocenters. The van der Waals surface area contributed by atoms with E-state index >= 15 is 0 Å². The zero-order chi connectivity index (χ0) is 33.1. The van der Waals surface area contributed by atoms with Gasteiger partial charge in [-0.25, -0.2) is 0 Å². The molecule has 0 aliphatic carbocycles. The van der Waals surface area contributed by atoms with Gasteiger partial charge in [-0.05, 0) is 55.2 Å². The summed E-state index contributed by atoms with van der Waals surface area (Å²) in [6, 6.07) is 33.2. The number of quaternary nitrogens is 1. The number of carbonyl (C=O) groups is 2. The van der Waals surface area contributed by atoms with Gasteiger partial charge in [0.05, 0.1) is 20.7 Å². The highest BCUT2D eigenvalue weighted by Gasteiger charge is 2.39. The molecule has 1 aliphatic rings. The first kappa shape index (κ1) is 33.7. The predicted molar refractivity (Wildman–Crippen MR) is 190 cm³/mol. The number of carbonyl (C=O) groups excluding carboxylic acids is 2. The third-order valence-corrected chi connectivity index (χ3v) is 8.82. The molecule has 0 saturated carbocycles. The van der Waals surface area contributed by atoms with Crippen LogP contribution in [0.4, 0.5) is 5.69 Å². The Hall–Kier alpha value is -4.68. The fourth-order valence-electron chi connectivity index (χ4n) is 6.33. The molecule has 1 amide bonds. The first-order valence-corrected chi connectivity index (χ1v) is 16.8. The Labute approximate surface area is 279 Å². The van der Waals surface area contributed by atoms with E-state index in [1.54, 1.807) is 0 Å². The molecule has 0 fully saturated rings. The molecule has 0 saturated heterocycles. The molecule has 47 heavy (non-hydrogen) atoms. The summed E-state index contributed by atoms with van der Waals surface area (Å²) in [5.74, 6) is 1.67. The van der Waals surface area contributed by atoms with Crippen molar-refractivity contribution in [3.8, 4) is 11.5 Å². The van der Waals surface area contributed by atoms with Crippen molar-refractivity contribution in [2.75, 3.05) is 27.2 Å². The number of amides is 1. The minimum absolute atomic E-state index is 0.00579. The van der Waals surface area contributed by atoms with Gasteiger partial charge in [0.2, 0.25) is 5.70 Å². The lowest BCUT2D eigenvalue weighted by Gasteiger charge is -2.36. The Morgan fingerprint density at radius 1 is 0.702 bits per heavy atom. The number of rotatable bonds is 16. The van der Waals surface area contributed by atoms with E-state index in [9.17, 15) is 9.59 Å². The molecule has 6 nitrogen and oxygen atoms in total. The molecule has 0 spiro atoms. The van der Waals surface area contributed by atoms with Crippen LogP contribution in [0.1, 0.15) is 72.5 Å². The molecular formula is C41H47N2O4+. The smallest absolute Gasteiger partial charge is 0.305 e. The maximum Gasteiger partial charge on any atom is 0.305 e. The lowest BCUT2D eigenvalue weighted by atomic mass is 9.92. The SMILES string of the molecule is CC1=C(C(=O)NCCCCCCCCOc2ccc(OCc3ccccc3)cc2)[N+](C)(C)c2cc(C(=O)c3ccccc3)ccc2C1. The van der Waals surface area contributed by atoms with E-state index in [-0.39, 0.29) is 11.7 Å². The Bertz CT molecular complexity index is 1660. The topological polar surface area (TPSA) is 64.6 Å². The minimum Gasteiger partial charge on any atom is -0.494 e. The average molecular weight is 632 g/mol. The number of fused-ring (bicyclic) bond motifs is 1. The van der Waals surface area contributed by atoms with E-state index in [1.807, 2.05) is 112 Å². The fourth-order valence-corrected chi connectivity index (χ4v) is 6.33. The minimum atomic E-state index is -0.0223. The summed E-state index contributed by atoms with van der Waals surface area (Å²) in [7, 11) is 4.07. The van der Waals surface area contributed by atoms with Crippen LogP contribution in [0.3, 0.4) is 0 Å². The quantitative estimate of drug-likeness (QED) is 0.0766. The summed E-state index contributed by atoms with van der Waals surface area (Å²) >= 11 is 0. The van der Waals surface area contributed by atoms with Crippen LogP contribution in [0, 0.1) is 0 Å². The number of hydrogen-bond donors (Lipinski definition) is 1. The number of hydrogen-bond acceptors (Lipinski definition) is 4. The second kappa shape index (κ2) is 16.2. The molecule has 0 atom stereocenters. The van der Waals surface area contributed by atoms with Crippen LogP contribution in [0.5, 0.6) is 11.5 Å². The number of ether oxygens (including phenoxy) is 2. The number of unbranched alkanes of at least 4 members (excludes halogenated alkanes) is 5. The summed E-state index contributed by atoms with van der Waals surface area (Å²) in [5, 5.41) is 3.17. The van der Waals surface area contributed by atoms with Crippen molar-refractivity contribution in [2.24, 2.45) is 0 Å². The molecule has 6 heteroatoms. The third-order valence-electron chi connectivity index (χ3n) is 8.82. The van der Waals surface area contributed by atoms with E-state index < -0.39 is 0 Å². The summed E-state index contributed by atoms with van der Waals surface area (Å²) in [6.45, 7) is 3.95. The Kier molecular flexibility index (Phi) is 11.6. The maximum atomic E-state index is 13.4. The summed E-state index contributed by atoms with van der Waals surface area (Å²) in [5.41, 5.74) is 6.43. The highest BCUT2D eigenvalue weighted by Crippen LogP contribution is 2.38.